The summed E-state index contributed by atoms with van der Waals surface area (Å²) in [5.41, 5.74) is 1.58. The molecular formula is C17H15NO4S. The summed E-state index contributed by atoms with van der Waals surface area (Å²) in [6.07, 6.45) is 0. The van der Waals surface area contributed by atoms with Gasteiger partial charge in [-0.15, -0.1) is 11.3 Å². The van der Waals surface area contributed by atoms with Crippen molar-refractivity contribution in [3.8, 4) is 16.5 Å². The molecular weight excluding hydrogens is 314 g/mol. The SMILES string of the molecule is Cc1ccc(C(=O)OCc2nc(-c3cccs3)oc2C)cc1O. The molecule has 0 spiro atoms. The highest BCUT2D eigenvalue weighted by Crippen LogP contribution is 2.26. The molecule has 0 amide bonds. The Kier molecular flexibility index (Phi) is 4.16. The molecule has 0 saturated heterocycles. The molecule has 1 aromatic carbocycles. The van der Waals surface area contributed by atoms with Crippen LogP contribution in [0.5, 0.6) is 5.75 Å². The minimum atomic E-state index is -0.514. The fourth-order valence-electron chi connectivity index (χ4n) is 2.02. The van der Waals surface area contributed by atoms with Crippen LogP contribution in [-0.2, 0) is 11.3 Å². The Morgan fingerprint density at radius 3 is 2.87 bits per heavy atom. The molecule has 6 heteroatoms. The van der Waals surface area contributed by atoms with Crippen molar-refractivity contribution in [1.29, 1.82) is 0 Å². The summed E-state index contributed by atoms with van der Waals surface area (Å²) in [6, 6.07) is 8.51. The first-order chi connectivity index (χ1) is 11.0. The number of ether oxygens (including phenoxy) is 1. The van der Waals surface area contributed by atoms with E-state index < -0.39 is 5.97 Å². The molecule has 0 atom stereocenters. The summed E-state index contributed by atoms with van der Waals surface area (Å²) in [5.74, 6) is 0.696. The second-order valence-electron chi connectivity index (χ2n) is 5.08. The van der Waals surface area contributed by atoms with Crippen LogP contribution in [0.1, 0.15) is 27.4 Å². The van der Waals surface area contributed by atoms with Gasteiger partial charge >= 0.3 is 5.97 Å². The summed E-state index contributed by atoms with van der Waals surface area (Å²) in [7, 11) is 0. The zero-order valence-corrected chi connectivity index (χ0v) is 13.5. The number of oxazole rings is 1. The molecule has 0 aliphatic heterocycles. The van der Waals surface area contributed by atoms with Gasteiger partial charge in [-0.3, -0.25) is 0 Å². The highest BCUT2D eigenvalue weighted by atomic mass is 32.1. The Hall–Kier alpha value is -2.60. The monoisotopic (exact) mass is 329 g/mol. The third-order valence-corrected chi connectivity index (χ3v) is 4.27. The first kappa shape index (κ1) is 15.3. The van der Waals surface area contributed by atoms with Gasteiger partial charge in [-0.05, 0) is 43.0 Å². The van der Waals surface area contributed by atoms with Gasteiger partial charge in [-0.1, -0.05) is 12.1 Å². The molecule has 3 rings (SSSR count). The lowest BCUT2D eigenvalue weighted by Crippen LogP contribution is -2.06. The minimum Gasteiger partial charge on any atom is -0.508 e. The Labute approximate surface area is 137 Å². The van der Waals surface area contributed by atoms with E-state index in [0.29, 0.717) is 28.5 Å². The fraction of sp³-hybridized carbons (Fsp3) is 0.176. The van der Waals surface area contributed by atoms with Crippen LogP contribution in [0.2, 0.25) is 0 Å². The number of aromatic nitrogens is 1. The summed E-state index contributed by atoms with van der Waals surface area (Å²) >= 11 is 1.53. The van der Waals surface area contributed by atoms with Crippen LogP contribution in [0, 0.1) is 13.8 Å². The molecule has 0 aliphatic rings. The zero-order chi connectivity index (χ0) is 16.4. The van der Waals surface area contributed by atoms with Gasteiger partial charge in [-0.25, -0.2) is 9.78 Å². The molecule has 2 aromatic heterocycles. The van der Waals surface area contributed by atoms with Gasteiger partial charge in [-0.2, -0.15) is 0 Å². The average Bonchev–Trinajstić information content (AvgIpc) is 3.17. The van der Waals surface area contributed by atoms with Crippen LogP contribution in [0.15, 0.2) is 40.1 Å². The van der Waals surface area contributed by atoms with Gasteiger partial charge in [0.1, 0.15) is 23.8 Å². The average molecular weight is 329 g/mol. The highest BCUT2D eigenvalue weighted by molar-refractivity contribution is 7.13. The van der Waals surface area contributed by atoms with E-state index in [2.05, 4.69) is 4.98 Å². The van der Waals surface area contributed by atoms with Crippen LogP contribution in [0.4, 0.5) is 0 Å². The van der Waals surface area contributed by atoms with E-state index >= 15 is 0 Å². The van der Waals surface area contributed by atoms with E-state index in [1.165, 1.54) is 17.4 Å². The van der Waals surface area contributed by atoms with Gasteiger partial charge in [0.25, 0.3) is 0 Å². The number of rotatable bonds is 4. The van der Waals surface area contributed by atoms with Gasteiger partial charge in [0, 0.05) is 0 Å². The van der Waals surface area contributed by atoms with E-state index in [0.717, 1.165) is 4.88 Å². The Morgan fingerprint density at radius 2 is 2.17 bits per heavy atom. The quantitative estimate of drug-likeness (QED) is 0.730. The number of thiophene rings is 1. The third-order valence-electron chi connectivity index (χ3n) is 3.41. The molecule has 0 saturated carbocycles. The largest absolute Gasteiger partial charge is 0.508 e. The van der Waals surface area contributed by atoms with Crippen molar-refractivity contribution in [3.63, 3.8) is 0 Å². The van der Waals surface area contributed by atoms with Crippen LogP contribution >= 0.6 is 11.3 Å². The Balaban J connectivity index is 1.70. The smallest absolute Gasteiger partial charge is 0.338 e. The molecule has 2 heterocycles. The molecule has 118 valence electrons. The number of phenolic OH excluding ortho intramolecular Hbond substituents is 1. The molecule has 0 aliphatic carbocycles. The molecule has 1 N–H and O–H groups in total. The van der Waals surface area contributed by atoms with Crippen LogP contribution in [0.25, 0.3) is 10.8 Å². The van der Waals surface area contributed by atoms with Gasteiger partial charge in [0.15, 0.2) is 0 Å². The molecule has 3 aromatic rings. The highest BCUT2D eigenvalue weighted by Gasteiger charge is 2.15. The van der Waals surface area contributed by atoms with Crippen LogP contribution in [0.3, 0.4) is 0 Å². The molecule has 0 unspecified atom stereocenters. The lowest BCUT2D eigenvalue weighted by Gasteiger charge is -2.05. The standard InChI is InChI=1S/C17H15NO4S/c1-10-5-6-12(8-14(10)19)17(20)21-9-13-11(2)22-16(18-13)15-4-3-7-23-15/h3-8,19H,9H2,1-2H3. The second-order valence-corrected chi connectivity index (χ2v) is 6.02. The topological polar surface area (TPSA) is 72.6 Å². The lowest BCUT2D eigenvalue weighted by atomic mass is 10.1. The predicted molar refractivity (Wildman–Crippen MR) is 86.5 cm³/mol. The van der Waals surface area contributed by atoms with Gasteiger partial charge < -0.3 is 14.3 Å². The van der Waals surface area contributed by atoms with E-state index in [-0.39, 0.29) is 12.4 Å². The fourth-order valence-corrected chi connectivity index (χ4v) is 2.67. The number of phenols is 1. The summed E-state index contributed by atoms with van der Waals surface area (Å²) in [4.78, 5) is 17.3. The first-order valence-electron chi connectivity index (χ1n) is 7.01. The molecule has 5 nitrogen and oxygen atoms in total. The van der Waals surface area contributed by atoms with E-state index in [4.69, 9.17) is 9.15 Å². The van der Waals surface area contributed by atoms with Crippen molar-refractivity contribution in [2.45, 2.75) is 20.5 Å². The Morgan fingerprint density at radius 1 is 1.35 bits per heavy atom. The van der Waals surface area contributed by atoms with Crippen LogP contribution < -0.4 is 0 Å². The maximum absolute atomic E-state index is 12.0. The third kappa shape index (κ3) is 3.27. The maximum atomic E-state index is 12.0. The summed E-state index contributed by atoms with van der Waals surface area (Å²) in [6.45, 7) is 3.56. The number of benzene rings is 1. The maximum Gasteiger partial charge on any atom is 0.338 e. The number of hydrogen-bond donors (Lipinski definition) is 1. The lowest BCUT2D eigenvalue weighted by molar-refractivity contribution is 0.0466. The summed E-state index contributed by atoms with van der Waals surface area (Å²) < 4.78 is 10.9. The minimum absolute atomic E-state index is 0.0220. The van der Waals surface area contributed by atoms with Gasteiger partial charge in [0.2, 0.25) is 5.89 Å². The van der Waals surface area contributed by atoms with Crippen molar-refractivity contribution in [2.75, 3.05) is 0 Å². The van der Waals surface area contributed by atoms with E-state index in [1.54, 1.807) is 26.0 Å². The van der Waals surface area contributed by atoms with E-state index in [9.17, 15) is 9.90 Å². The normalized spacial score (nSPS) is 10.7. The Bertz CT molecular complexity index is 836. The van der Waals surface area contributed by atoms with E-state index in [1.807, 2.05) is 17.5 Å². The van der Waals surface area contributed by atoms with Gasteiger partial charge in [0.05, 0.1) is 10.4 Å². The molecule has 0 radical (unpaired) electrons. The van der Waals surface area contributed by atoms with Crippen molar-refractivity contribution in [1.82, 2.24) is 4.98 Å². The van der Waals surface area contributed by atoms with Crippen molar-refractivity contribution in [3.05, 3.63) is 58.3 Å². The van der Waals surface area contributed by atoms with Crippen LogP contribution in [-0.4, -0.2) is 16.1 Å². The molecule has 23 heavy (non-hydrogen) atoms. The summed E-state index contributed by atoms with van der Waals surface area (Å²) in [5, 5.41) is 11.6. The number of carbonyl (C=O) groups is 1. The number of aromatic hydroxyl groups is 1. The molecule has 0 bridgehead atoms. The van der Waals surface area contributed by atoms with Crippen molar-refractivity contribution in [2.24, 2.45) is 0 Å². The number of carbonyl (C=O) groups excluding carboxylic acids is 1. The predicted octanol–water partition coefficient (Wildman–Crippen LogP) is 4.08. The number of aryl methyl sites for hydroxylation is 2. The molecule has 0 fully saturated rings. The zero-order valence-electron chi connectivity index (χ0n) is 12.7. The number of hydrogen-bond acceptors (Lipinski definition) is 6. The van der Waals surface area contributed by atoms with Crippen molar-refractivity contribution >= 4 is 17.3 Å². The number of nitrogens with zero attached hydrogens (tertiary/aromatic N) is 1. The first-order valence-corrected chi connectivity index (χ1v) is 7.89. The second kappa shape index (κ2) is 6.26. The number of esters is 1. The van der Waals surface area contributed by atoms with Crippen molar-refractivity contribution < 1.29 is 19.1 Å².